The second kappa shape index (κ2) is 7.11. The molecule has 1 unspecified atom stereocenters. The maximum absolute atomic E-state index is 11.6. The van der Waals surface area contributed by atoms with Gasteiger partial charge in [-0.15, -0.1) is 0 Å². The third-order valence-corrected chi connectivity index (χ3v) is 3.05. The van der Waals surface area contributed by atoms with Crippen molar-refractivity contribution in [3.8, 4) is 5.75 Å². The highest BCUT2D eigenvalue weighted by molar-refractivity contribution is 5.77. The molecule has 1 heterocycles. The van der Waals surface area contributed by atoms with E-state index in [4.69, 9.17) is 15.2 Å². The number of hydrogen-bond donors (Lipinski definition) is 2. The largest absolute Gasteiger partial charge is 0.484 e. The van der Waals surface area contributed by atoms with Gasteiger partial charge in [0.2, 0.25) is 0 Å². The first-order valence-electron chi connectivity index (χ1n) is 6.58. The van der Waals surface area contributed by atoms with Crippen LogP contribution in [0.4, 0.5) is 0 Å². The molecule has 0 saturated carbocycles. The lowest BCUT2D eigenvalue weighted by Gasteiger charge is -2.11. The Bertz CT molecular complexity index is 417. The Hall–Kier alpha value is -1.59. The van der Waals surface area contributed by atoms with Crippen LogP contribution < -0.4 is 15.8 Å². The van der Waals surface area contributed by atoms with E-state index < -0.39 is 0 Å². The van der Waals surface area contributed by atoms with Gasteiger partial charge in [0.1, 0.15) is 5.75 Å². The second-order valence-electron chi connectivity index (χ2n) is 4.58. The Morgan fingerprint density at radius 3 is 3.16 bits per heavy atom. The number of carbonyl (C=O) groups is 1. The van der Waals surface area contributed by atoms with Crippen molar-refractivity contribution in [1.29, 1.82) is 0 Å². The number of nitrogens with one attached hydrogen (secondary N) is 1. The van der Waals surface area contributed by atoms with Gasteiger partial charge in [-0.2, -0.15) is 0 Å². The Kier molecular flexibility index (Phi) is 5.18. The summed E-state index contributed by atoms with van der Waals surface area (Å²) in [6.07, 6.45) is 2.24. The normalized spacial score (nSPS) is 18.3. The maximum atomic E-state index is 11.6. The predicted molar refractivity (Wildman–Crippen MR) is 71.8 cm³/mol. The number of nitrogens with two attached hydrogens (primary N) is 1. The summed E-state index contributed by atoms with van der Waals surface area (Å²) < 4.78 is 10.8. The lowest BCUT2D eigenvalue weighted by atomic mass is 10.2. The standard InChI is InChI=1S/C14H20N2O3/c15-8-11-3-1-4-12(7-11)19-10-14(17)16-9-13-5-2-6-18-13/h1,3-4,7,13H,2,5-6,8-10,15H2,(H,16,17). The van der Waals surface area contributed by atoms with Crippen LogP contribution in [0.3, 0.4) is 0 Å². The fraction of sp³-hybridized carbons (Fsp3) is 0.500. The molecule has 1 aliphatic rings. The number of benzene rings is 1. The molecule has 1 fully saturated rings. The van der Waals surface area contributed by atoms with Crippen molar-refractivity contribution in [2.24, 2.45) is 5.73 Å². The van der Waals surface area contributed by atoms with E-state index in [-0.39, 0.29) is 18.6 Å². The molecule has 0 aromatic heterocycles. The number of amides is 1. The molecule has 1 aromatic rings. The fourth-order valence-corrected chi connectivity index (χ4v) is 2.00. The van der Waals surface area contributed by atoms with Gasteiger partial charge >= 0.3 is 0 Å². The highest BCUT2D eigenvalue weighted by atomic mass is 16.5. The molecule has 5 heteroatoms. The van der Waals surface area contributed by atoms with Crippen LogP contribution in [0, 0.1) is 0 Å². The van der Waals surface area contributed by atoms with Gasteiger partial charge in [-0.1, -0.05) is 12.1 Å². The van der Waals surface area contributed by atoms with Crippen LogP contribution in [-0.4, -0.2) is 31.8 Å². The third-order valence-electron chi connectivity index (χ3n) is 3.05. The summed E-state index contributed by atoms with van der Waals surface area (Å²) >= 11 is 0. The first-order chi connectivity index (χ1) is 9.28. The molecule has 1 amide bonds. The molecule has 0 radical (unpaired) electrons. The second-order valence-corrected chi connectivity index (χ2v) is 4.58. The third kappa shape index (κ3) is 4.54. The van der Waals surface area contributed by atoms with Crippen molar-refractivity contribution in [3.63, 3.8) is 0 Å². The van der Waals surface area contributed by atoms with Gasteiger partial charge in [-0.25, -0.2) is 0 Å². The molecular formula is C14H20N2O3. The van der Waals surface area contributed by atoms with Crippen molar-refractivity contribution < 1.29 is 14.3 Å². The van der Waals surface area contributed by atoms with Gasteiger partial charge in [-0.3, -0.25) is 4.79 Å². The van der Waals surface area contributed by atoms with E-state index in [0.717, 1.165) is 25.0 Å². The van der Waals surface area contributed by atoms with Crippen LogP contribution in [0.15, 0.2) is 24.3 Å². The lowest BCUT2D eigenvalue weighted by Crippen LogP contribution is -2.35. The summed E-state index contributed by atoms with van der Waals surface area (Å²) in [4.78, 5) is 11.6. The van der Waals surface area contributed by atoms with Crippen molar-refractivity contribution >= 4 is 5.91 Å². The summed E-state index contributed by atoms with van der Waals surface area (Å²) in [5, 5.41) is 2.81. The van der Waals surface area contributed by atoms with Crippen molar-refractivity contribution in [1.82, 2.24) is 5.32 Å². The van der Waals surface area contributed by atoms with E-state index in [1.807, 2.05) is 24.3 Å². The van der Waals surface area contributed by atoms with Crippen LogP contribution in [0.2, 0.25) is 0 Å². The smallest absolute Gasteiger partial charge is 0.258 e. The summed E-state index contributed by atoms with van der Waals surface area (Å²) in [5.74, 6) is 0.531. The fourth-order valence-electron chi connectivity index (χ4n) is 2.00. The number of hydrogen-bond acceptors (Lipinski definition) is 4. The SMILES string of the molecule is NCc1cccc(OCC(=O)NCC2CCCO2)c1. The Balaban J connectivity index is 1.70. The van der Waals surface area contributed by atoms with Gasteiger partial charge in [0.15, 0.2) is 6.61 Å². The molecule has 2 rings (SSSR count). The molecular weight excluding hydrogens is 244 g/mol. The number of ether oxygens (including phenoxy) is 2. The molecule has 3 N–H and O–H groups in total. The quantitative estimate of drug-likeness (QED) is 0.798. The molecule has 104 valence electrons. The van der Waals surface area contributed by atoms with E-state index in [2.05, 4.69) is 5.32 Å². The first kappa shape index (κ1) is 13.8. The summed E-state index contributed by atoms with van der Waals surface area (Å²) in [6, 6.07) is 7.44. The number of rotatable bonds is 6. The summed E-state index contributed by atoms with van der Waals surface area (Å²) in [6.45, 7) is 1.83. The molecule has 0 spiro atoms. The lowest BCUT2D eigenvalue weighted by molar-refractivity contribution is -0.123. The van der Waals surface area contributed by atoms with Crippen molar-refractivity contribution in [2.75, 3.05) is 19.8 Å². The van der Waals surface area contributed by atoms with E-state index in [0.29, 0.717) is 18.8 Å². The van der Waals surface area contributed by atoms with Crippen LogP contribution in [0.1, 0.15) is 18.4 Å². The summed E-state index contributed by atoms with van der Waals surface area (Å²) in [5.41, 5.74) is 6.53. The van der Waals surface area contributed by atoms with Crippen LogP contribution in [0.5, 0.6) is 5.75 Å². The minimum absolute atomic E-state index is 0.0146. The average molecular weight is 264 g/mol. The molecule has 1 saturated heterocycles. The zero-order valence-electron chi connectivity index (χ0n) is 10.9. The van der Waals surface area contributed by atoms with Crippen LogP contribution >= 0.6 is 0 Å². The van der Waals surface area contributed by atoms with Crippen LogP contribution in [-0.2, 0) is 16.1 Å². The maximum Gasteiger partial charge on any atom is 0.258 e. The molecule has 19 heavy (non-hydrogen) atoms. The Morgan fingerprint density at radius 2 is 2.42 bits per heavy atom. The first-order valence-corrected chi connectivity index (χ1v) is 6.58. The van der Waals surface area contributed by atoms with Gasteiger partial charge < -0.3 is 20.5 Å². The molecule has 0 aliphatic carbocycles. The molecule has 0 bridgehead atoms. The van der Waals surface area contributed by atoms with E-state index in [9.17, 15) is 4.79 Å². The predicted octanol–water partition coefficient (Wildman–Crippen LogP) is 0.819. The Labute approximate surface area is 113 Å². The minimum Gasteiger partial charge on any atom is -0.484 e. The Morgan fingerprint density at radius 1 is 1.53 bits per heavy atom. The van der Waals surface area contributed by atoms with Gasteiger partial charge in [0.25, 0.3) is 5.91 Å². The van der Waals surface area contributed by atoms with Gasteiger partial charge in [0.05, 0.1) is 6.10 Å². The van der Waals surface area contributed by atoms with E-state index >= 15 is 0 Å². The van der Waals surface area contributed by atoms with Gasteiger partial charge in [0, 0.05) is 19.7 Å². The van der Waals surface area contributed by atoms with Crippen molar-refractivity contribution in [3.05, 3.63) is 29.8 Å². The minimum atomic E-state index is -0.131. The average Bonchev–Trinajstić information content (AvgIpc) is 2.96. The van der Waals surface area contributed by atoms with Crippen molar-refractivity contribution in [2.45, 2.75) is 25.5 Å². The van der Waals surface area contributed by atoms with E-state index in [1.54, 1.807) is 0 Å². The molecule has 1 aliphatic heterocycles. The zero-order valence-corrected chi connectivity index (χ0v) is 10.9. The zero-order chi connectivity index (χ0) is 13.5. The molecule has 1 atom stereocenters. The highest BCUT2D eigenvalue weighted by Crippen LogP contribution is 2.13. The molecule has 5 nitrogen and oxygen atoms in total. The van der Waals surface area contributed by atoms with Crippen LogP contribution in [0.25, 0.3) is 0 Å². The topological polar surface area (TPSA) is 73.6 Å². The van der Waals surface area contributed by atoms with E-state index in [1.165, 1.54) is 0 Å². The highest BCUT2D eigenvalue weighted by Gasteiger charge is 2.16. The monoisotopic (exact) mass is 264 g/mol. The molecule has 1 aromatic carbocycles. The number of carbonyl (C=O) groups excluding carboxylic acids is 1. The van der Waals surface area contributed by atoms with Gasteiger partial charge in [-0.05, 0) is 30.5 Å². The summed E-state index contributed by atoms with van der Waals surface area (Å²) in [7, 11) is 0.